The van der Waals surface area contributed by atoms with Crippen molar-refractivity contribution in [2.24, 2.45) is 5.92 Å². The molecule has 5 aliphatic rings. The lowest BCUT2D eigenvalue weighted by atomic mass is 9.50. The van der Waals surface area contributed by atoms with E-state index in [0.29, 0.717) is 43.0 Å². The molecule has 1 aromatic carbocycles. The molecule has 0 radical (unpaired) electrons. The summed E-state index contributed by atoms with van der Waals surface area (Å²) in [6.45, 7) is 3.84. The van der Waals surface area contributed by atoms with E-state index in [9.17, 15) is 5.11 Å². The molecular formula is C26H30ClFN6O2. The molecule has 4 atom stereocenters. The Bertz CT molecular complexity index is 1320. The largest absolute Gasteiger partial charge is 0.389 e. The highest BCUT2D eigenvalue weighted by Crippen LogP contribution is 2.63. The third kappa shape index (κ3) is 3.55. The van der Waals surface area contributed by atoms with Crippen LogP contribution in [0.1, 0.15) is 42.7 Å². The Morgan fingerprint density at radius 1 is 1.22 bits per heavy atom. The van der Waals surface area contributed by atoms with Crippen LogP contribution in [0.5, 0.6) is 0 Å². The lowest BCUT2D eigenvalue weighted by molar-refractivity contribution is -0.0975. The summed E-state index contributed by atoms with van der Waals surface area (Å²) in [4.78, 5) is 11.3. The van der Waals surface area contributed by atoms with E-state index in [1.54, 1.807) is 12.4 Å². The van der Waals surface area contributed by atoms with Gasteiger partial charge in [-0.3, -0.25) is 4.90 Å². The molecule has 8 nitrogen and oxygen atoms in total. The molecule has 3 aliphatic carbocycles. The minimum absolute atomic E-state index is 0.111. The number of benzene rings is 1. The fourth-order valence-electron chi connectivity index (χ4n) is 6.69. The summed E-state index contributed by atoms with van der Waals surface area (Å²) in [6, 6.07) is 3.93. The second kappa shape index (κ2) is 8.34. The number of aliphatic hydroxyl groups excluding tert-OH is 1. The number of fused-ring (bicyclic) bond motifs is 1. The van der Waals surface area contributed by atoms with E-state index >= 15 is 4.39 Å². The van der Waals surface area contributed by atoms with Crippen LogP contribution in [-0.4, -0.2) is 74.4 Å². The van der Waals surface area contributed by atoms with Gasteiger partial charge in [0, 0.05) is 24.0 Å². The van der Waals surface area contributed by atoms with Crippen molar-refractivity contribution in [1.29, 1.82) is 0 Å². The van der Waals surface area contributed by atoms with Crippen molar-refractivity contribution in [2.45, 2.75) is 62.4 Å². The van der Waals surface area contributed by atoms with Crippen molar-refractivity contribution in [3.8, 4) is 0 Å². The predicted molar refractivity (Wildman–Crippen MR) is 135 cm³/mol. The van der Waals surface area contributed by atoms with Crippen LogP contribution in [0.4, 0.5) is 16.0 Å². The van der Waals surface area contributed by atoms with Crippen molar-refractivity contribution < 1.29 is 14.2 Å². The molecule has 8 rings (SSSR count). The van der Waals surface area contributed by atoms with Crippen LogP contribution in [0.15, 0.2) is 24.5 Å². The molecule has 2 bridgehead atoms. The van der Waals surface area contributed by atoms with E-state index < -0.39 is 12.3 Å². The number of ether oxygens (including phenoxy) is 1. The zero-order valence-corrected chi connectivity index (χ0v) is 21.0. The average Bonchev–Trinajstić information content (AvgIpc) is 3.38. The van der Waals surface area contributed by atoms with Gasteiger partial charge in [0.05, 0.1) is 48.3 Å². The van der Waals surface area contributed by atoms with Crippen LogP contribution >= 0.6 is 11.6 Å². The van der Waals surface area contributed by atoms with Gasteiger partial charge in [0.15, 0.2) is 5.15 Å². The van der Waals surface area contributed by atoms with Crippen LogP contribution in [0.3, 0.4) is 0 Å². The number of rotatable bonds is 5. The standard InChI is InChI=1S/C26H30ClFN6O2/c1-14-4-16-9-29-25(32-21-10-30-34(24(21)27)26-6-15(7-26)8-26)31-20(16)5-18(14)17-2-3-33(11-19(17)28)22-12-36-13-23(22)35/h4-5,9-10,15,17,19,22-23,35H,2-3,6-8,11-13H2,1H3,(H,29,31,32)/t15?,17?,19-,22?,23+,26?/m0/s1. The van der Waals surface area contributed by atoms with Gasteiger partial charge in [-0.1, -0.05) is 11.6 Å². The molecule has 4 heterocycles. The number of aryl methyl sites for hydroxylation is 1. The second-order valence-corrected chi connectivity index (χ2v) is 11.5. The van der Waals surface area contributed by atoms with E-state index in [0.717, 1.165) is 53.8 Å². The number of piperidine rings is 1. The van der Waals surface area contributed by atoms with Gasteiger partial charge in [-0.05, 0) is 68.3 Å². The molecule has 10 heteroatoms. The van der Waals surface area contributed by atoms with Gasteiger partial charge in [-0.25, -0.2) is 19.0 Å². The predicted octanol–water partition coefficient (Wildman–Crippen LogP) is 3.93. The van der Waals surface area contributed by atoms with Gasteiger partial charge in [0.2, 0.25) is 5.95 Å². The quantitative estimate of drug-likeness (QED) is 0.535. The Balaban J connectivity index is 1.12. The topological polar surface area (TPSA) is 88.3 Å². The molecule has 2 unspecified atom stereocenters. The molecular weight excluding hydrogens is 483 g/mol. The maximum atomic E-state index is 15.5. The van der Waals surface area contributed by atoms with Crippen molar-refractivity contribution in [1.82, 2.24) is 24.6 Å². The lowest BCUT2D eigenvalue weighted by Gasteiger charge is -2.61. The summed E-state index contributed by atoms with van der Waals surface area (Å²) < 4.78 is 22.8. The van der Waals surface area contributed by atoms with Crippen molar-refractivity contribution in [3.05, 3.63) is 40.8 Å². The molecule has 36 heavy (non-hydrogen) atoms. The van der Waals surface area contributed by atoms with E-state index in [-0.39, 0.29) is 17.5 Å². The third-order valence-electron chi connectivity index (χ3n) is 8.84. The van der Waals surface area contributed by atoms with Crippen molar-refractivity contribution >= 4 is 34.1 Å². The highest BCUT2D eigenvalue weighted by atomic mass is 35.5. The molecule has 2 aliphatic heterocycles. The summed E-state index contributed by atoms with van der Waals surface area (Å²) in [5.41, 5.74) is 3.60. The van der Waals surface area contributed by atoms with Crippen molar-refractivity contribution in [2.75, 3.05) is 31.6 Å². The number of likely N-dealkylation sites (tertiary alicyclic amines) is 1. The van der Waals surface area contributed by atoms with Crippen LogP contribution in [0, 0.1) is 12.8 Å². The summed E-state index contributed by atoms with van der Waals surface area (Å²) in [5, 5.41) is 19.4. The molecule has 5 fully saturated rings. The van der Waals surface area contributed by atoms with Crippen LogP contribution in [0.25, 0.3) is 10.9 Å². The summed E-state index contributed by atoms with van der Waals surface area (Å²) >= 11 is 6.66. The first-order valence-corrected chi connectivity index (χ1v) is 13.2. The van der Waals surface area contributed by atoms with E-state index in [4.69, 9.17) is 21.3 Å². The number of aliphatic hydroxyl groups is 1. The Morgan fingerprint density at radius 3 is 2.75 bits per heavy atom. The number of halogens is 2. The normalized spacial score (nSPS) is 33.9. The van der Waals surface area contributed by atoms with Gasteiger partial charge in [0.25, 0.3) is 0 Å². The lowest BCUT2D eigenvalue weighted by Crippen LogP contribution is -2.59. The second-order valence-electron chi connectivity index (χ2n) is 11.1. The minimum Gasteiger partial charge on any atom is -0.389 e. The maximum Gasteiger partial charge on any atom is 0.227 e. The first kappa shape index (κ1) is 22.8. The smallest absolute Gasteiger partial charge is 0.227 e. The summed E-state index contributed by atoms with van der Waals surface area (Å²) in [7, 11) is 0. The van der Waals surface area contributed by atoms with Crippen LogP contribution in [-0.2, 0) is 10.3 Å². The first-order valence-electron chi connectivity index (χ1n) is 12.8. The molecule has 3 saturated carbocycles. The van der Waals surface area contributed by atoms with Gasteiger partial charge >= 0.3 is 0 Å². The molecule has 190 valence electrons. The zero-order valence-electron chi connectivity index (χ0n) is 20.2. The van der Waals surface area contributed by atoms with Crippen molar-refractivity contribution in [3.63, 3.8) is 0 Å². The molecule has 0 amide bonds. The Hall–Kier alpha value is -2.33. The zero-order chi connectivity index (χ0) is 24.6. The fraction of sp³-hybridized carbons (Fsp3) is 0.577. The summed E-state index contributed by atoms with van der Waals surface area (Å²) in [6.07, 6.45) is 6.12. The Morgan fingerprint density at radius 2 is 2.06 bits per heavy atom. The molecule has 2 aromatic heterocycles. The highest BCUT2D eigenvalue weighted by Gasteiger charge is 2.59. The first-order chi connectivity index (χ1) is 17.4. The number of alkyl halides is 1. The highest BCUT2D eigenvalue weighted by molar-refractivity contribution is 6.32. The van der Waals surface area contributed by atoms with E-state index in [1.165, 1.54) is 0 Å². The maximum absolute atomic E-state index is 15.5. The summed E-state index contributed by atoms with van der Waals surface area (Å²) in [5.74, 6) is 1.07. The van der Waals surface area contributed by atoms with E-state index in [1.807, 2.05) is 28.6 Å². The van der Waals surface area contributed by atoms with Gasteiger partial charge in [-0.2, -0.15) is 5.10 Å². The van der Waals surface area contributed by atoms with Crippen LogP contribution < -0.4 is 5.32 Å². The number of hydrogen-bond donors (Lipinski definition) is 2. The fourth-order valence-corrected chi connectivity index (χ4v) is 7.01. The number of hydrogen-bond acceptors (Lipinski definition) is 7. The number of nitrogens with zero attached hydrogens (tertiary/aromatic N) is 5. The number of nitrogens with one attached hydrogen (secondary N) is 1. The van der Waals surface area contributed by atoms with Gasteiger partial charge in [-0.15, -0.1) is 0 Å². The van der Waals surface area contributed by atoms with E-state index in [2.05, 4.69) is 15.4 Å². The third-order valence-corrected chi connectivity index (χ3v) is 9.21. The monoisotopic (exact) mass is 512 g/mol. The van der Waals surface area contributed by atoms with Gasteiger partial charge < -0.3 is 15.2 Å². The average molecular weight is 513 g/mol. The van der Waals surface area contributed by atoms with Crippen LogP contribution in [0.2, 0.25) is 5.15 Å². The molecule has 3 aromatic rings. The molecule has 0 spiro atoms. The number of anilines is 2. The minimum atomic E-state index is -1.02. The Kier molecular flexibility index (Phi) is 5.29. The SMILES string of the molecule is Cc1cc2cnc(Nc3cnn(C45CC(C4)C5)c3Cl)nc2cc1C1CCN(C2COC[C@H]2O)C[C@@H]1F. The molecule has 2 saturated heterocycles. The molecule has 2 N–H and O–H groups in total. The Labute approximate surface area is 213 Å². The van der Waals surface area contributed by atoms with Gasteiger partial charge in [0.1, 0.15) is 6.17 Å². The number of aromatic nitrogens is 4.